The summed E-state index contributed by atoms with van der Waals surface area (Å²) < 4.78 is 1.61. The number of carbonyl (C=O) groups excluding carboxylic acids is 1. The molecule has 8 nitrogen and oxygen atoms in total. The molecule has 0 unspecified atom stereocenters. The van der Waals surface area contributed by atoms with Gasteiger partial charge >= 0.3 is 0 Å². The van der Waals surface area contributed by atoms with Crippen molar-refractivity contribution in [2.45, 2.75) is 46.1 Å². The third kappa shape index (κ3) is 6.15. The topological polar surface area (TPSA) is 105 Å². The molecule has 4 rings (SSSR count). The maximum absolute atomic E-state index is 13.1. The van der Waals surface area contributed by atoms with Gasteiger partial charge in [0.2, 0.25) is 5.91 Å². The first kappa shape index (κ1) is 27.1. The quantitative estimate of drug-likeness (QED) is 0.257. The molecule has 11 heteroatoms. The molecular formula is C26H27Cl3N6O2. The molecule has 2 aliphatic heterocycles. The minimum atomic E-state index is -0.388. The van der Waals surface area contributed by atoms with Crippen molar-refractivity contribution in [2.24, 2.45) is 0 Å². The molecule has 2 aromatic rings. The number of aromatic nitrogens is 4. The van der Waals surface area contributed by atoms with Crippen molar-refractivity contribution in [3.05, 3.63) is 78.9 Å². The van der Waals surface area contributed by atoms with Gasteiger partial charge in [-0.05, 0) is 35.7 Å². The van der Waals surface area contributed by atoms with Gasteiger partial charge in [0.05, 0.1) is 22.3 Å². The number of hydrogen-bond donors (Lipinski definition) is 3. The van der Waals surface area contributed by atoms with E-state index in [0.29, 0.717) is 55.8 Å². The molecule has 2 aliphatic rings. The van der Waals surface area contributed by atoms with Crippen LogP contribution in [0.15, 0.2) is 41.2 Å². The maximum Gasteiger partial charge on any atom is 0.284 e. The summed E-state index contributed by atoms with van der Waals surface area (Å²) in [5, 5.41) is 10.2. The van der Waals surface area contributed by atoms with Gasteiger partial charge in [-0.2, -0.15) is 4.98 Å². The summed E-state index contributed by atoms with van der Waals surface area (Å²) in [7, 11) is 0. The molecule has 37 heavy (non-hydrogen) atoms. The standard InChI is InChI=1S/C26H27Cl3N6O2/c1-13(2)23-22-25(35(34-23)24-18(28)10-16(27)11-19(24)29)32-20(33-26(22)37)9-15-5-7-17(8-6-15)31-21(36)12-30-14(3)4/h5-8,10-11,13-14,30,34H,9,12H2,1-4H3,(H,31,36). The highest BCUT2D eigenvalue weighted by molar-refractivity contribution is 6.40. The highest BCUT2D eigenvalue weighted by Gasteiger charge is 2.27. The number of carbonyl (C=O) groups is 1. The van der Waals surface area contributed by atoms with Crippen molar-refractivity contribution in [2.75, 3.05) is 11.9 Å². The summed E-state index contributed by atoms with van der Waals surface area (Å²) in [4.78, 5) is 34.2. The fourth-order valence-electron chi connectivity index (χ4n) is 3.90. The van der Waals surface area contributed by atoms with Crippen molar-refractivity contribution in [1.29, 1.82) is 0 Å². The minimum absolute atomic E-state index is 0.00533. The average Bonchev–Trinajstić information content (AvgIpc) is 3.18. The van der Waals surface area contributed by atoms with Gasteiger partial charge < -0.3 is 10.6 Å². The first-order valence-electron chi connectivity index (χ1n) is 11.8. The molecule has 194 valence electrons. The van der Waals surface area contributed by atoms with E-state index >= 15 is 0 Å². The van der Waals surface area contributed by atoms with Gasteiger partial charge in [-0.25, -0.2) is 9.67 Å². The number of hydrogen-bond acceptors (Lipinski definition) is 5. The van der Waals surface area contributed by atoms with E-state index in [4.69, 9.17) is 39.8 Å². The Hall–Kier alpha value is -2.91. The number of benzene rings is 2. The van der Waals surface area contributed by atoms with E-state index in [2.05, 4.69) is 20.7 Å². The van der Waals surface area contributed by atoms with Crippen LogP contribution < -0.4 is 16.2 Å². The molecule has 0 radical (unpaired) electrons. The molecule has 1 amide bonds. The SMILES string of the molecule is CC(C)NCC(=O)Nc1ccc(Cc2nc3n(-c4c(Cl)cc(Cl)cc4Cl)[nH]c(C(C)C)c-3c(=O)n2)cc1. The summed E-state index contributed by atoms with van der Waals surface area (Å²) in [5.74, 6) is 0.601. The highest BCUT2D eigenvalue weighted by atomic mass is 35.5. The minimum Gasteiger partial charge on any atom is -0.325 e. The van der Waals surface area contributed by atoms with Crippen molar-refractivity contribution >= 4 is 46.4 Å². The molecule has 0 atom stereocenters. The number of anilines is 1. The largest absolute Gasteiger partial charge is 0.325 e. The zero-order valence-electron chi connectivity index (χ0n) is 20.8. The summed E-state index contributed by atoms with van der Waals surface area (Å²) in [5.41, 5.74) is 2.68. The van der Waals surface area contributed by atoms with E-state index in [9.17, 15) is 9.59 Å². The predicted molar refractivity (Wildman–Crippen MR) is 149 cm³/mol. The smallest absolute Gasteiger partial charge is 0.284 e. The monoisotopic (exact) mass is 560 g/mol. The number of amides is 1. The Kier molecular flexibility index (Phi) is 8.23. The van der Waals surface area contributed by atoms with E-state index in [1.165, 1.54) is 0 Å². The average molecular weight is 562 g/mol. The van der Waals surface area contributed by atoms with Crippen molar-refractivity contribution < 1.29 is 4.79 Å². The summed E-state index contributed by atoms with van der Waals surface area (Å²) in [6.07, 6.45) is 0.318. The van der Waals surface area contributed by atoms with Crippen LogP contribution in [-0.2, 0) is 11.2 Å². The number of nitrogens with zero attached hydrogens (tertiary/aromatic N) is 3. The van der Waals surface area contributed by atoms with Crippen LogP contribution in [0.25, 0.3) is 17.1 Å². The molecule has 3 N–H and O–H groups in total. The molecule has 0 aromatic heterocycles. The number of H-pyrrole nitrogens is 1. The first-order valence-corrected chi connectivity index (χ1v) is 13.0. The van der Waals surface area contributed by atoms with Crippen LogP contribution in [0.3, 0.4) is 0 Å². The van der Waals surface area contributed by atoms with E-state index in [0.717, 1.165) is 5.56 Å². The van der Waals surface area contributed by atoms with E-state index < -0.39 is 0 Å². The second-order valence-corrected chi connectivity index (χ2v) is 10.6. The van der Waals surface area contributed by atoms with Gasteiger partial charge in [-0.3, -0.25) is 14.7 Å². The predicted octanol–water partition coefficient (Wildman–Crippen LogP) is 5.67. The summed E-state index contributed by atoms with van der Waals surface area (Å²) in [6, 6.07) is 10.7. The Balaban J connectivity index is 1.67. The fourth-order valence-corrected chi connectivity index (χ4v) is 4.88. The van der Waals surface area contributed by atoms with Crippen molar-refractivity contribution in [1.82, 2.24) is 25.1 Å². The number of rotatable bonds is 8. The van der Waals surface area contributed by atoms with Gasteiger partial charge in [0.25, 0.3) is 5.56 Å². The molecule has 0 bridgehead atoms. The molecule has 0 fully saturated rings. The number of halogens is 3. The molecule has 2 heterocycles. The van der Waals surface area contributed by atoms with Gasteiger partial charge in [-0.1, -0.05) is 74.6 Å². The molecule has 0 saturated heterocycles. The lowest BCUT2D eigenvalue weighted by molar-refractivity contribution is -0.115. The van der Waals surface area contributed by atoms with Crippen LogP contribution in [-0.4, -0.2) is 38.2 Å². The fraction of sp³-hybridized carbons (Fsp3) is 0.308. The van der Waals surface area contributed by atoms with Crippen molar-refractivity contribution in [3.63, 3.8) is 0 Å². The third-order valence-corrected chi connectivity index (χ3v) is 6.46. The normalized spacial score (nSPS) is 11.6. The van der Waals surface area contributed by atoms with Crippen LogP contribution in [0.5, 0.6) is 0 Å². The second kappa shape index (κ2) is 11.2. The van der Waals surface area contributed by atoms with E-state index in [1.54, 1.807) is 28.9 Å². The van der Waals surface area contributed by atoms with E-state index in [1.807, 2.05) is 39.8 Å². The van der Waals surface area contributed by atoms with Gasteiger partial charge in [0.15, 0.2) is 5.82 Å². The number of nitrogens with one attached hydrogen (secondary N) is 3. The molecule has 0 spiro atoms. The van der Waals surface area contributed by atoms with Gasteiger partial charge in [0.1, 0.15) is 17.1 Å². The summed E-state index contributed by atoms with van der Waals surface area (Å²) >= 11 is 19.1. The molecule has 0 aliphatic carbocycles. The lowest BCUT2D eigenvalue weighted by atomic mass is 10.1. The van der Waals surface area contributed by atoms with Crippen LogP contribution in [0.2, 0.25) is 15.1 Å². The lowest BCUT2D eigenvalue weighted by Crippen LogP contribution is -2.32. The lowest BCUT2D eigenvalue weighted by Gasteiger charge is -2.12. The molecular weight excluding hydrogens is 535 g/mol. The molecule has 2 aromatic carbocycles. The van der Waals surface area contributed by atoms with Crippen LogP contribution >= 0.6 is 34.8 Å². The zero-order valence-corrected chi connectivity index (χ0v) is 23.1. The van der Waals surface area contributed by atoms with Gasteiger partial charge in [0, 0.05) is 23.2 Å². The Morgan fingerprint density at radius 3 is 2.27 bits per heavy atom. The van der Waals surface area contributed by atoms with Crippen molar-refractivity contribution in [3.8, 4) is 17.1 Å². The first-order chi connectivity index (χ1) is 17.5. The van der Waals surface area contributed by atoms with Gasteiger partial charge in [-0.15, -0.1) is 0 Å². The summed E-state index contributed by atoms with van der Waals surface area (Å²) in [6.45, 7) is 8.12. The Morgan fingerprint density at radius 2 is 1.68 bits per heavy atom. The zero-order chi connectivity index (χ0) is 26.9. The second-order valence-electron chi connectivity index (χ2n) is 9.33. The number of fused-ring (bicyclic) bond motifs is 1. The highest BCUT2D eigenvalue weighted by Crippen LogP contribution is 2.36. The number of aromatic amines is 1. The van der Waals surface area contributed by atoms with Crippen LogP contribution in [0, 0.1) is 0 Å². The Bertz CT molecular complexity index is 1440. The van der Waals surface area contributed by atoms with Crippen LogP contribution in [0.1, 0.15) is 50.7 Å². The third-order valence-electron chi connectivity index (χ3n) is 5.67. The maximum atomic E-state index is 13.1. The Labute approximate surface area is 229 Å². The van der Waals surface area contributed by atoms with E-state index in [-0.39, 0.29) is 30.0 Å². The van der Waals surface area contributed by atoms with Crippen LogP contribution in [0.4, 0.5) is 5.69 Å². The Morgan fingerprint density at radius 1 is 1.03 bits per heavy atom. The molecule has 0 saturated carbocycles.